The molecule has 0 aliphatic rings. The smallest absolute Gasteiger partial charge is 0.0640 e. The lowest BCUT2D eigenvalue weighted by Gasteiger charge is -2.13. The van der Waals surface area contributed by atoms with Gasteiger partial charge < -0.3 is 5.73 Å². The molecule has 1 aromatic carbocycles. The Balaban J connectivity index is 2.37. The van der Waals surface area contributed by atoms with E-state index in [0.29, 0.717) is 5.02 Å². The third-order valence-corrected chi connectivity index (χ3v) is 2.61. The molecule has 2 N–H and O–H groups in total. The molecule has 3 heteroatoms. The van der Waals surface area contributed by atoms with Crippen LogP contribution in [0.2, 0.25) is 5.02 Å². The Morgan fingerprint density at radius 3 is 2.53 bits per heavy atom. The standard InChI is InChI=1S/C12H11ClN2/c13-11-8-15-7-6-10(11)12(14)9-4-2-1-3-5-9/h1-8,12H,14H2. The summed E-state index contributed by atoms with van der Waals surface area (Å²) in [6, 6.07) is 11.5. The first-order valence-corrected chi connectivity index (χ1v) is 5.07. The van der Waals surface area contributed by atoms with Crippen molar-refractivity contribution in [2.24, 2.45) is 5.73 Å². The number of nitrogens with two attached hydrogens (primary N) is 1. The van der Waals surface area contributed by atoms with E-state index in [4.69, 9.17) is 17.3 Å². The lowest BCUT2D eigenvalue weighted by atomic mass is 10.0. The second-order valence-corrected chi connectivity index (χ2v) is 3.69. The van der Waals surface area contributed by atoms with Crippen molar-refractivity contribution in [2.75, 3.05) is 0 Å². The lowest BCUT2D eigenvalue weighted by Crippen LogP contribution is -2.12. The topological polar surface area (TPSA) is 38.9 Å². The molecule has 0 aliphatic heterocycles. The van der Waals surface area contributed by atoms with Crippen LogP contribution in [0, 0.1) is 0 Å². The Morgan fingerprint density at radius 2 is 1.87 bits per heavy atom. The highest BCUT2D eigenvalue weighted by atomic mass is 35.5. The van der Waals surface area contributed by atoms with Gasteiger partial charge in [-0.05, 0) is 17.2 Å². The molecule has 0 aliphatic carbocycles. The van der Waals surface area contributed by atoms with E-state index in [-0.39, 0.29) is 6.04 Å². The van der Waals surface area contributed by atoms with Gasteiger partial charge in [-0.25, -0.2) is 0 Å². The van der Waals surface area contributed by atoms with Crippen LogP contribution in [-0.4, -0.2) is 4.98 Å². The zero-order chi connectivity index (χ0) is 10.7. The summed E-state index contributed by atoms with van der Waals surface area (Å²) in [5, 5.41) is 0.605. The highest BCUT2D eigenvalue weighted by Gasteiger charge is 2.11. The van der Waals surface area contributed by atoms with E-state index in [2.05, 4.69) is 4.98 Å². The van der Waals surface area contributed by atoms with Gasteiger partial charge in [0.2, 0.25) is 0 Å². The van der Waals surface area contributed by atoms with Crippen LogP contribution >= 0.6 is 11.6 Å². The lowest BCUT2D eigenvalue weighted by molar-refractivity contribution is 0.868. The molecule has 0 amide bonds. The van der Waals surface area contributed by atoms with Gasteiger partial charge in [0.25, 0.3) is 0 Å². The minimum Gasteiger partial charge on any atom is -0.320 e. The molecular formula is C12H11ClN2. The predicted octanol–water partition coefficient (Wildman–Crippen LogP) is 2.78. The largest absolute Gasteiger partial charge is 0.320 e. The summed E-state index contributed by atoms with van der Waals surface area (Å²) in [5.74, 6) is 0. The van der Waals surface area contributed by atoms with E-state index in [0.717, 1.165) is 11.1 Å². The molecule has 0 bridgehead atoms. The van der Waals surface area contributed by atoms with Crippen molar-refractivity contribution >= 4 is 11.6 Å². The number of nitrogens with zero attached hydrogens (tertiary/aromatic N) is 1. The second kappa shape index (κ2) is 4.43. The van der Waals surface area contributed by atoms with Gasteiger partial charge in [-0.1, -0.05) is 41.9 Å². The second-order valence-electron chi connectivity index (χ2n) is 3.29. The van der Waals surface area contributed by atoms with Crippen LogP contribution in [0.5, 0.6) is 0 Å². The maximum atomic E-state index is 6.10. The van der Waals surface area contributed by atoms with Gasteiger partial charge in [0.1, 0.15) is 0 Å². The molecule has 0 fully saturated rings. The van der Waals surface area contributed by atoms with E-state index in [1.807, 2.05) is 36.4 Å². The predicted molar refractivity (Wildman–Crippen MR) is 61.7 cm³/mol. The van der Waals surface area contributed by atoms with Gasteiger partial charge in [0.15, 0.2) is 0 Å². The Bertz CT molecular complexity index is 442. The Kier molecular flexibility index (Phi) is 2.99. The summed E-state index contributed by atoms with van der Waals surface area (Å²) < 4.78 is 0. The Labute approximate surface area is 93.7 Å². The quantitative estimate of drug-likeness (QED) is 0.842. The molecule has 76 valence electrons. The van der Waals surface area contributed by atoms with Gasteiger partial charge in [-0.2, -0.15) is 0 Å². The van der Waals surface area contributed by atoms with Crippen molar-refractivity contribution in [3.05, 3.63) is 64.9 Å². The highest BCUT2D eigenvalue weighted by Crippen LogP contribution is 2.24. The first-order chi connectivity index (χ1) is 7.29. The number of hydrogen-bond donors (Lipinski definition) is 1. The van der Waals surface area contributed by atoms with Crippen LogP contribution in [0.25, 0.3) is 0 Å². The third kappa shape index (κ3) is 2.17. The molecule has 1 aromatic heterocycles. The zero-order valence-corrected chi connectivity index (χ0v) is 8.85. The van der Waals surface area contributed by atoms with Crippen molar-refractivity contribution < 1.29 is 0 Å². The number of halogens is 1. The van der Waals surface area contributed by atoms with E-state index >= 15 is 0 Å². The van der Waals surface area contributed by atoms with E-state index < -0.39 is 0 Å². The number of hydrogen-bond acceptors (Lipinski definition) is 2. The molecule has 0 spiro atoms. The number of pyridine rings is 1. The van der Waals surface area contributed by atoms with Crippen molar-refractivity contribution in [3.8, 4) is 0 Å². The number of aromatic nitrogens is 1. The number of rotatable bonds is 2. The fourth-order valence-corrected chi connectivity index (χ4v) is 1.71. The van der Waals surface area contributed by atoms with E-state index in [1.54, 1.807) is 12.4 Å². The molecule has 15 heavy (non-hydrogen) atoms. The van der Waals surface area contributed by atoms with E-state index in [1.165, 1.54) is 0 Å². The maximum Gasteiger partial charge on any atom is 0.0640 e. The molecule has 0 radical (unpaired) electrons. The average molecular weight is 219 g/mol. The minimum absolute atomic E-state index is 0.193. The van der Waals surface area contributed by atoms with Crippen LogP contribution in [-0.2, 0) is 0 Å². The van der Waals surface area contributed by atoms with Gasteiger partial charge in [0, 0.05) is 12.4 Å². The van der Waals surface area contributed by atoms with Gasteiger partial charge in [0.05, 0.1) is 11.1 Å². The summed E-state index contributed by atoms with van der Waals surface area (Å²) in [5.41, 5.74) is 8.05. The van der Waals surface area contributed by atoms with Crippen LogP contribution in [0.3, 0.4) is 0 Å². The molecule has 2 nitrogen and oxygen atoms in total. The summed E-state index contributed by atoms with van der Waals surface area (Å²) in [6.07, 6.45) is 3.31. The van der Waals surface area contributed by atoms with Gasteiger partial charge in [-0.3, -0.25) is 4.98 Å². The minimum atomic E-state index is -0.193. The first kappa shape index (κ1) is 10.1. The van der Waals surface area contributed by atoms with Gasteiger partial charge in [-0.15, -0.1) is 0 Å². The van der Waals surface area contributed by atoms with Gasteiger partial charge >= 0.3 is 0 Å². The molecular weight excluding hydrogens is 208 g/mol. The third-order valence-electron chi connectivity index (χ3n) is 2.30. The monoisotopic (exact) mass is 218 g/mol. The Hall–Kier alpha value is -1.38. The summed E-state index contributed by atoms with van der Waals surface area (Å²) >= 11 is 6.03. The fourth-order valence-electron chi connectivity index (χ4n) is 1.48. The van der Waals surface area contributed by atoms with Crippen molar-refractivity contribution in [3.63, 3.8) is 0 Å². The summed E-state index contributed by atoms with van der Waals surface area (Å²) in [4.78, 5) is 3.93. The van der Waals surface area contributed by atoms with Crippen LogP contribution in [0.4, 0.5) is 0 Å². The Morgan fingerprint density at radius 1 is 1.13 bits per heavy atom. The molecule has 1 unspecified atom stereocenters. The van der Waals surface area contributed by atoms with Crippen LogP contribution < -0.4 is 5.73 Å². The normalized spacial score (nSPS) is 12.4. The van der Waals surface area contributed by atoms with Crippen LogP contribution in [0.1, 0.15) is 17.2 Å². The SMILES string of the molecule is NC(c1ccccc1)c1ccncc1Cl. The average Bonchev–Trinajstić information content (AvgIpc) is 2.30. The van der Waals surface area contributed by atoms with E-state index in [9.17, 15) is 0 Å². The molecule has 2 rings (SSSR count). The summed E-state index contributed by atoms with van der Waals surface area (Å²) in [6.45, 7) is 0. The molecule has 0 saturated carbocycles. The molecule has 2 aromatic rings. The highest BCUT2D eigenvalue weighted by molar-refractivity contribution is 6.31. The molecule has 1 atom stereocenters. The fraction of sp³-hybridized carbons (Fsp3) is 0.0833. The number of benzene rings is 1. The van der Waals surface area contributed by atoms with Crippen LogP contribution in [0.15, 0.2) is 48.8 Å². The first-order valence-electron chi connectivity index (χ1n) is 4.69. The molecule has 1 heterocycles. The van der Waals surface area contributed by atoms with Crippen molar-refractivity contribution in [1.82, 2.24) is 4.98 Å². The molecule has 0 saturated heterocycles. The maximum absolute atomic E-state index is 6.10. The van der Waals surface area contributed by atoms with Crippen molar-refractivity contribution in [2.45, 2.75) is 6.04 Å². The summed E-state index contributed by atoms with van der Waals surface area (Å²) in [7, 11) is 0. The van der Waals surface area contributed by atoms with Crippen molar-refractivity contribution in [1.29, 1.82) is 0 Å². The zero-order valence-electron chi connectivity index (χ0n) is 8.10.